The Labute approximate surface area is 139 Å². The topological polar surface area (TPSA) is 74.4 Å². The van der Waals surface area contributed by atoms with Crippen molar-refractivity contribution >= 4 is 17.0 Å². The van der Waals surface area contributed by atoms with Crippen LogP contribution in [0.1, 0.15) is 16.7 Å². The van der Waals surface area contributed by atoms with Gasteiger partial charge in [0.15, 0.2) is 0 Å². The van der Waals surface area contributed by atoms with E-state index >= 15 is 0 Å². The van der Waals surface area contributed by atoms with E-state index in [0.29, 0.717) is 6.42 Å². The summed E-state index contributed by atoms with van der Waals surface area (Å²) >= 11 is 0. The largest absolute Gasteiger partial charge is 0.508 e. The molecule has 2 aromatic carbocycles. The standard InChI is InChI=1S/C19H18N2O3/c22-17-7-6-16-18-13(10-20-16)8-14(9-15(17)18)21-19(23)24-11-12-4-2-1-3-5-12/h1-7,10,14,20,22H,8-9,11H2,(H,21,23)/t14-/m0/s1. The van der Waals surface area contributed by atoms with Gasteiger partial charge < -0.3 is 20.1 Å². The molecule has 0 saturated carbocycles. The second kappa shape index (κ2) is 5.92. The van der Waals surface area contributed by atoms with Gasteiger partial charge in [0, 0.05) is 28.7 Å². The Morgan fingerprint density at radius 3 is 2.88 bits per heavy atom. The van der Waals surface area contributed by atoms with Crippen molar-refractivity contribution in [1.82, 2.24) is 10.3 Å². The minimum absolute atomic E-state index is 0.0897. The van der Waals surface area contributed by atoms with Gasteiger partial charge in [0.1, 0.15) is 12.4 Å². The first-order valence-electron chi connectivity index (χ1n) is 7.99. The fourth-order valence-corrected chi connectivity index (χ4v) is 3.35. The summed E-state index contributed by atoms with van der Waals surface area (Å²) in [5, 5.41) is 14.1. The van der Waals surface area contributed by atoms with Crippen LogP contribution in [0.3, 0.4) is 0 Å². The van der Waals surface area contributed by atoms with E-state index in [-0.39, 0.29) is 18.4 Å². The van der Waals surface area contributed by atoms with Crippen molar-refractivity contribution in [2.24, 2.45) is 0 Å². The molecule has 1 aromatic heterocycles. The highest BCUT2D eigenvalue weighted by molar-refractivity contribution is 5.89. The van der Waals surface area contributed by atoms with Crippen LogP contribution in [0.2, 0.25) is 0 Å². The van der Waals surface area contributed by atoms with Crippen molar-refractivity contribution in [3.8, 4) is 5.75 Å². The van der Waals surface area contributed by atoms with Crippen LogP contribution in [0.15, 0.2) is 48.7 Å². The summed E-state index contributed by atoms with van der Waals surface area (Å²) in [5.74, 6) is 0.271. The van der Waals surface area contributed by atoms with Crippen molar-refractivity contribution in [3.63, 3.8) is 0 Å². The van der Waals surface area contributed by atoms with E-state index in [1.165, 1.54) is 0 Å². The third-order valence-corrected chi connectivity index (χ3v) is 4.46. The molecule has 1 amide bonds. The minimum Gasteiger partial charge on any atom is -0.508 e. The third-order valence-electron chi connectivity index (χ3n) is 4.46. The van der Waals surface area contributed by atoms with Gasteiger partial charge in [0.25, 0.3) is 0 Å². The summed E-state index contributed by atoms with van der Waals surface area (Å²) in [7, 11) is 0. The molecule has 1 aliphatic rings. The number of alkyl carbamates (subject to hydrolysis) is 1. The van der Waals surface area contributed by atoms with Crippen LogP contribution in [0.5, 0.6) is 5.75 Å². The molecule has 1 heterocycles. The number of phenolic OH excluding ortho intramolecular Hbond substituents is 1. The number of amides is 1. The van der Waals surface area contributed by atoms with Crippen LogP contribution >= 0.6 is 0 Å². The summed E-state index contributed by atoms with van der Waals surface area (Å²) in [6, 6.07) is 13.1. The summed E-state index contributed by atoms with van der Waals surface area (Å²) < 4.78 is 5.28. The molecule has 0 saturated heterocycles. The van der Waals surface area contributed by atoms with Gasteiger partial charge in [-0.05, 0) is 36.1 Å². The van der Waals surface area contributed by atoms with Gasteiger partial charge in [-0.25, -0.2) is 4.79 Å². The fourth-order valence-electron chi connectivity index (χ4n) is 3.35. The Kier molecular flexibility index (Phi) is 3.61. The summed E-state index contributed by atoms with van der Waals surface area (Å²) in [6.45, 7) is 0.246. The second-order valence-corrected chi connectivity index (χ2v) is 6.11. The maximum atomic E-state index is 12.1. The first-order valence-corrected chi connectivity index (χ1v) is 7.99. The number of benzene rings is 2. The molecular weight excluding hydrogens is 304 g/mol. The van der Waals surface area contributed by atoms with Crippen molar-refractivity contribution in [3.05, 3.63) is 65.4 Å². The normalized spacial score (nSPS) is 16.1. The molecule has 24 heavy (non-hydrogen) atoms. The Balaban J connectivity index is 1.43. The molecule has 1 aliphatic carbocycles. The van der Waals surface area contributed by atoms with E-state index in [4.69, 9.17) is 4.74 Å². The zero-order valence-corrected chi connectivity index (χ0v) is 13.1. The first kappa shape index (κ1) is 14.6. The fraction of sp³-hybridized carbons (Fsp3) is 0.211. The van der Waals surface area contributed by atoms with Crippen molar-refractivity contribution < 1.29 is 14.6 Å². The lowest BCUT2D eigenvalue weighted by Crippen LogP contribution is -2.39. The van der Waals surface area contributed by atoms with Crippen molar-refractivity contribution in [2.75, 3.05) is 0 Å². The number of hydrogen-bond acceptors (Lipinski definition) is 3. The molecule has 0 radical (unpaired) electrons. The Hall–Kier alpha value is -2.95. The molecular formula is C19H18N2O3. The lowest BCUT2D eigenvalue weighted by Gasteiger charge is -2.24. The lowest BCUT2D eigenvalue weighted by atomic mass is 9.89. The van der Waals surface area contributed by atoms with Gasteiger partial charge in [-0.3, -0.25) is 0 Å². The molecule has 4 rings (SSSR count). The highest BCUT2D eigenvalue weighted by Gasteiger charge is 2.25. The van der Waals surface area contributed by atoms with Gasteiger partial charge in [0.2, 0.25) is 0 Å². The van der Waals surface area contributed by atoms with Gasteiger partial charge in [0.05, 0.1) is 0 Å². The van der Waals surface area contributed by atoms with Crippen LogP contribution in [0.25, 0.3) is 10.9 Å². The number of ether oxygens (including phenoxy) is 1. The Bertz CT molecular complexity index is 886. The van der Waals surface area contributed by atoms with E-state index in [1.54, 1.807) is 6.07 Å². The SMILES string of the molecule is O=C(N[C@H]1Cc2c[nH]c3ccc(O)c(c23)C1)OCc1ccccc1. The number of carbonyl (C=O) groups is 1. The van der Waals surface area contributed by atoms with E-state index in [2.05, 4.69) is 10.3 Å². The number of aromatic amines is 1. The van der Waals surface area contributed by atoms with Gasteiger partial charge in [-0.2, -0.15) is 0 Å². The number of nitrogens with one attached hydrogen (secondary N) is 2. The molecule has 122 valence electrons. The molecule has 0 unspecified atom stereocenters. The van der Waals surface area contributed by atoms with Crippen LogP contribution < -0.4 is 5.32 Å². The smallest absolute Gasteiger partial charge is 0.407 e. The zero-order chi connectivity index (χ0) is 16.5. The molecule has 0 aliphatic heterocycles. The molecule has 3 aromatic rings. The van der Waals surface area contributed by atoms with Crippen LogP contribution in [-0.2, 0) is 24.2 Å². The van der Waals surface area contributed by atoms with E-state index in [9.17, 15) is 9.90 Å². The summed E-state index contributed by atoms with van der Waals surface area (Å²) in [4.78, 5) is 15.3. The number of aromatic nitrogens is 1. The highest BCUT2D eigenvalue weighted by atomic mass is 16.5. The lowest BCUT2D eigenvalue weighted by molar-refractivity contribution is 0.135. The van der Waals surface area contributed by atoms with Crippen LogP contribution in [-0.4, -0.2) is 22.2 Å². The summed E-state index contributed by atoms with van der Waals surface area (Å²) in [6.07, 6.45) is 2.82. The molecule has 0 spiro atoms. The Morgan fingerprint density at radius 1 is 1.21 bits per heavy atom. The number of H-pyrrole nitrogens is 1. The monoisotopic (exact) mass is 322 g/mol. The van der Waals surface area contributed by atoms with E-state index < -0.39 is 6.09 Å². The quantitative estimate of drug-likeness (QED) is 0.693. The maximum absolute atomic E-state index is 12.1. The van der Waals surface area contributed by atoms with Crippen molar-refractivity contribution in [1.29, 1.82) is 0 Å². The number of phenols is 1. The average Bonchev–Trinajstić information content (AvgIpc) is 3.01. The zero-order valence-electron chi connectivity index (χ0n) is 13.1. The predicted octanol–water partition coefficient (Wildman–Crippen LogP) is 3.27. The minimum atomic E-state index is -0.436. The average molecular weight is 322 g/mol. The molecule has 5 heteroatoms. The number of aromatic hydroxyl groups is 1. The van der Waals surface area contributed by atoms with Crippen LogP contribution in [0, 0.1) is 0 Å². The van der Waals surface area contributed by atoms with Crippen molar-refractivity contribution in [2.45, 2.75) is 25.5 Å². The molecule has 1 atom stereocenters. The van der Waals surface area contributed by atoms with Gasteiger partial charge in [-0.15, -0.1) is 0 Å². The predicted molar refractivity (Wildman–Crippen MR) is 90.9 cm³/mol. The van der Waals surface area contributed by atoms with E-state index in [1.807, 2.05) is 42.6 Å². The molecule has 0 bridgehead atoms. The number of hydrogen-bond donors (Lipinski definition) is 3. The Morgan fingerprint density at radius 2 is 2.04 bits per heavy atom. The van der Waals surface area contributed by atoms with Gasteiger partial charge in [-0.1, -0.05) is 30.3 Å². The maximum Gasteiger partial charge on any atom is 0.407 e. The third kappa shape index (κ3) is 2.69. The van der Waals surface area contributed by atoms with E-state index in [0.717, 1.165) is 34.0 Å². The molecule has 5 nitrogen and oxygen atoms in total. The first-order chi connectivity index (χ1) is 11.7. The molecule has 0 fully saturated rings. The van der Waals surface area contributed by atoms with Gasteiger partial charge >= 0.3 is 6.09 Å². The summed E-state index contributed by atoms with van der Waals surface area (Å²) in [5.41, 5.74) is 3.95. The second-order valence-electron chi connectivity index (χ2n) is 6.11. The molecule has 3 N–H and O–H groups in total. The number of rotatable bonds is 3. The highest BCUT2D eigenvalue weighted by Crippen LogP contribution is 2.35. The number of carbonyl (C=O) groups excluding carboxylic acids is 1. The van der Waals surface area contributed by atoms with Crippen LogP contribution in [0.4, 0.5) is 4.79 Å².